The van der Waals surface area contributed by atoms with Crippen LogP contribution in [0.1, 0.15) is 49.3 Å². The Kier molecular flexibility index (Phi) is 3.80. The lowest BCUT2D eigenvalue weighted by atomic mass is 9.86. The summed E-state index contributed by atoms with van der Waals surface area (Å²) in [6.07, 6.45) is 1.90. The first-order valence-corrected chi connectivity index (χ1v) is 9.26. The van der Waals surface area contributed by atoms with Gasteiger partial charge in [-0.1, -0.05) is 64.4 Å². The van der Waals surface area contributed by atoms with Gasteiger partial charge in [0.15, 0.2) is 0 Å². The molecule has 1 N–H and O–H groups in total. The molecule has 0 aromatic heterocycles. The average molecular weight is 342 g/mol. The van der Waals surface area contributed by atoms with Crippen molar-refractivity contribution in [2.75, 3.05) is 0 Å². The molecule has 0 bridgehead atoms. The van der Waals surface area contributed by atoms with E-state index >= 15 is 0 Å². The van der Waals surface area contributed by atoms with Gasteiger partial charge in [0.2, 0.25) is 0 Å². The molecule has 2 aliphatic heterocycles. The molecule has 0 aliphatic carbocycles. The zero-order valence-electron chi connectivity index (χ0n) is 15.7. The Labute approximate surface area is 156 Å². The molecule has 0 saturated carbocycles. The number of nitrogens with zero attached hydrogens (tertiary/aromatic N) is 1. The molecule has 2 nitrogen and oxygen atoms in total. The van der Waals surface area contributed by atoms with Gasteiger partial charge in [-0.05, 0) is 35.8 Å². The van der Waals surface area contributed by atoms with Crippen LogP contribution in [0.25, 0.3) is 22.2 Å². The van der Waals surface area contributed by atoms with Gasteiger partial charge in [-0.25, -0.2) is 0 Å². The molecule has 1 fully saturated rings. The van der Waals surface area contributed by atoms with Crippen LogP contribution in [0.2, 0.25) is 0 Å². The van der Waals surface area contributed by atoms with Crippen molar-refractivity contribution < 1.29 is 0 Å². The monoisotopic (exact) mass is 342 g/mol. The minimum atomic E-state index is 0.145. The molecule has 1 unspecified atom stereocenters. The van der Waals surface area contributed by atoms with Crippen LogP contribution in [0, 0.1) is 0 Å². The van der Waals surface area contributed by atoms with Gasteiger partial charge in [0, 0.05) is 39.3 Å². The minimum Gasteiger partial charge on any atom is -0.362 e. The number of rotatable bonds is 2. The SMILES string of the molecule is C=C1CCC(N2C(=C)c3cccc4cc(C(C)C)cc(c34)C2=C)C(=C)N1. The first kappa shape index (κ1) is 16.7. The Bertz CT molecular complexity index is 977. The van der Waals surface area contributed by atoms with Crippen LogP contribution in [0.3, 0.4) is 0 Å². The summed E-state index contributed by atoms with van der Waals surface area (Å²) in [5, 5.41) is 5.86. The fourth-order valence-electron chi connectivity index (χ4n) is 4.19. The maximum absolute atomic E-state index is 4.47. The molecule has 2 aliphatic rings. The summed E-state index contributed by atoms with van der Waals surface area (Å²) < 4.78 is 0. The molecule has 1 atom stereocenters. The molecule has 0 radical (unpaired) electrons. The van der Waals surface area contributed by atoms with Gasteiger partial charge in [0.25, 0.3) is 0 Å². The third kappa shape index (κ3) is 2.40. The largest absolute Gasteiger partial charge is 0.362 e. The molecule has 2 aromatic rings. The van der Waals surface area contributed by atoms with Crippen LogP contribution in [0.15, 0.2) is 68.0 Å². The second-order valence-corrected chi connectivity index (χ2v) is 7.70. The van der Waals surface area contributed by atoms with E-state index in [1.165, 1.54) is 27.5 Å². The van der Waals surface area contributed by atoms with Crippen LogP contribution >= 0.6 is 0 Å². The lowest BCUT2D eigenvalue weighted by molar-refractivity contribution is 0.386. The second kappa shape index (κ2) is 5.91. The van der Waals surface area contributed by atoms with E-state index in [1.807, 2.05) is 0 Å². The van der Waals surface area contributed by atoms with Crippen molar-refractivity contribution in [2.24, 2.45) is 0 Å². The van der Waals surface area contributed by atoms with Crippen LogP contribution < -0.4 is 5.32 Å². The van der Waals surface area contributed by atoms with Gasteiger partial charge in [0.05, 0.1) is 6.04 Å². The smallest absolute Gasteiger partial charge is 0.0738 e. The highest BCUT2D eigenvalue weighted by molar-refractivity contribution is 6.05. The summed E-state index contributed by atoms with van der Waals surface area (Å²) in [6.45, 7) is 21.7. The van der Waals surface area contributed by atoms with E-state index in [-0.39, 0.29) is 6.04 Å². The number of nitrogens with one attached hydrogen (secondary N) is 1. The highest BCUT2D eigenvalue weighted by Crippen LogP contribution is 2.45. The van der Waals surface area contributed by atoms with E-state index in [9.17, 15) is 0 Å². The number of hydrogen-bond donors (Lipinski definition) is 1. The number of benzene rings is 2. The van der Waals surface area contributed by atoms with E-state index in [4.69, 9.17) is 0 Å². The molecule has 0 spiro atoms. The fourth-order valence-corrected chi connectivity index (χ4v) is 4.19. The third-order valence-electron chi connectivity index (χ3n) is 5.64. The molecule has 26 heavy (non-hydrogen) atoms. The fraction of sp³-hybridized carbons (Fsp3) is 0.250. The van der Waals surface area contributed by atoms with Crippen molar-refractivity contribution in [3.8, 4) is 0 Å². The van der Waals surface area contributed by atoms with Gasteiger partial charge in [-0.15, -0.1) is 0 Å². The highest BCUT2D eigenvalue weighted by atomic mass is 15.2. The topological polar surface area (TPSA) is 15.3 Å². The summed E-state index contributed by atoms with van der Waals surface area (Å²) in [7, 11) is 0. The Hall–Kier alpha value is -2.74. The van der Waals surface area contributed by atoms with Crippen molar-refractivity contribution in [3.63, 3.8) is 0 Å². The zero-order valence-corrected chi connectivity index (χ0v) is 15.7. The normalized spacial score (nSPS) is 20.1. The van der Waals surface area contributed by atoms with E-state index < -0.39 is 0 Å². The van der Waals surface area contributed by atoms with Crippen LogP contribution in [0.5, 0.6) is 0 Å². The predicted molar refractivity (Wildman–Crippen MR) is 112 cm³/mol. The van der Waals surface area contributed by atoms with Gasteiger partial charge >= 0.3 is 0 Å². The summed E-state index contributed by atoms with van der Waals surface area (Å²) in [5.74, 6) is 0.473. The van der Waals surface area contributed by atoms with Gasteiger partial charge in [0.1, 0.15) is 0 Å². The van der Waals surface area contributed by atoms with Crippen LogP contribution in [-0.4, -0.2) is 10.9 Å². The highest BCUT2D eigenvalue weighted by Gasteiger charge is 2.33. The van der Waals surface area contributed by atoms with Crippen LogP contribution in [-0.2, 0) is 0 Å². The van der Waals surface area contributed by atoms with Crippen molar-refractivity contribution in [1.29, 1.82) is 0 Å². The first-order chi connectivity index (χ1) is 12.4. The van der Waals surface area contributed by atoms with Gasteiger partial charge in [-0.3, -0.25) is 0 Å². The molecule has 2 heterocycles. The lowest BCUT2D eigenvalue weighted by Crippen LogP contribution is -2.41. The second-order valence-electron chi connectivity index (χ2n) is 7.70. The predicted octanol–water partition coefficient (Wildman–Crippen LogP) is 6.00. The molecule has 4 rings (SSSR count). The quantitative estimate of drug-likeness (QED) is 0.720. The van der Waals surface area contributed by atoms with E-state index in [0.29, 0.717) is 5.92 Å². The Morgan fingerprint density at radius 3 is 2.46 bits per heavy atom. The summed E-state index contributed by atoms with van der Waals surface area (Å²) in [4.78, 5) is 2.27. The maximum Gasteiger partial charge on any atom is 0.0738 e. The van der Waals surface area contributed by atoms with E-state index in [1.54, 1.807) is 0 Å². The lowest BCUT2D eigenvalue weighted by Gasteiger charge is -2.43. The molecule has 2 heteroatoms. The molecular weight excluding hydrogens is 316 g/mol. The first-order valence-electron chi connectivity index (χ1n) is 9.26. The summed E-state index contributed by atoms with van der Waals surface area (Å²) in [5.41, 5.74) is 7.77. The maximum atomic E-state index is 4.47. The Balaban J connectivity index is 1.89. The van der Waals surface area contributed by atoms with Crippen LogP contribution in [0.4, 0.5) is 0 Å². The van der Waals surface area contributed by atoms with Gasteiger partial charge < -0.3 is 10.2 Å². The molecular formula is C24H26N2. The molecule has 0 amide bonds. The van der Waals surface area contributed by atoms with E-state index in [2.05, 4.69) is 80.7 Å². The number of allylic oxidation sites excluding steroid dienone is 1. The zero-order chi connectivity index (χ0) is 18.6. The average Bonchev–Trinajstić information content (AvgIpc) is 2.60. The van der Waals surface area contributed by atoms with Gasteiger partial charge in [-0.2, -0.15) is 0 Å². The minimum absolute atomic E-state index is 0.145. The summed E-state index contributed by atoms with van der Waals surface area (Å²) in [6, 6.07) is 11.2. The summed E-state index contributed by atoms with van der Waals surface area (Å²) >= 11 is 0. The number of hydrogen-bond acceptors (Lipinski definition) is 2. The Morgan fingerprint density at radius 2 is 1.77 bits per heavy atom. The third-order valence-corrected chi connectivity index (χ3v) is 5.64. The standard InChI is InChI=1S/C24H26N2/c1-14(2)20-12-19-8-7-9-21-17(5)26(18(6)22(13-20)24(19)21)23-11-10-15(3)25-16(23)4/h7-9,12-14,23,25H,3-6,10-11H2,1-2H3. The molecule has 132 valence electrons. The Morgan fingerprint density at radius 1 is 1.04 bits per heavy atom. The molecule has 2 aromatic carbocycles. The van der Waals surface area contributed by atoms with Crippen molar-refractivity contribution in [2.45, 2.75) is 38.6 Å². The number of piperidine rings is 1. The van der Waals surface area contributed by atoms with Crippen molar-refractivity contribution in [1.82, 2.24) is 10.2 Å². The van der Waals surface area contributed by atoms with Crippen molar-refractivity contribution in [3.05, 3.63) is 84.7 Å². The molecule has 1 saturated heterocycles. The van der Waals surface area contributed by atoms with E-state index in [0.717, 1.165) is 35.6 Å². The van der Waals surface area contributed by atoms with Crippen molar-refractivity contribution >= 4 is 22.2 Å².